The fourth-order valence-corrected chi connectivity index (χ4v) is 0.861. The lowest BCUT2D eigenvalue weighted by atomic mass is 10.2. The van der Waals surface area contributed by atoms with Gasteiger partial charge in [0.25, 0.3) is 0 Å². The predicted molar refractivity (Wildman–Crippen MR) is 39.6 cm³/mol. The summed E-state index contributed by atoms with van der Waals surface area (Å²) in [5.41, 5.74) is 0. The molecular weight excluding hydrogens is 168 g/mol. The third kappa shape index (κ3) is 2.17. The smallest absolute Gasteiger partial charge is 0.320 e. The highest BCUT2D eigenvalue weighted by molar-refractivity contribution is 6.27. The van der Waals surface area contributed by atoms with Crippen LogP contribution in [-0.2, 0) is 4.74 Å². The van der Waals surface area contributed by atoms with Crippen LogP contribution in [0.1, 0.15) is 18.7 Å². The number of methoxy groups -OCH3 is 1. The van der Waals surface area contributed by atoms with Crippen molar-refractivity contribution in [1.29, 1.82) is 0 Å². The molecule has 1 atom stereocenters. The molecule has 0 aromatic carbocycles. The molecular formula is C6H9ClN2O2. The molecule has 62 valence electrons. The standard InChI is InChI=1S/C6H9ClN2O2/c1-4(3-10-2)5-8-6(7)11-9-5/h4H,3H2,1-2H3. The Morgan fingerprint density at radius 2 is 2.45 bits per heavy atom. The van der Waals surface area contributed by atoms with E-state index in [1.165, 1.54) is 0 Å². The van der Waals surface area contributed by atoms with Crippen LogP contribution in [0.5, 0.6) is 0 Å². The summed E-state index contributed by atoms with van der Waals surface area (Å²) in [5.74, 6) is 0.702. The molecule has 0 aliphatic heterocycles. The molecule has 1 rings (SSSR count). The topological polar surface area (TPSA) is 48.2 Å². The van der Waals surface area contributed by atoms with Crippen molar-refractivity contribution in [2.75, 3.05) is 13.7 Å². The number of nitrogens with zero attached hydrogens (tertiary/aromatic N) is 2. The van der Waals surface area contributed by atoms with E-state index in [1.807, 2.05) is 6.92 Å². The number of rotatable bonds is 3. The Balaban J connectivity index is 2.60. The molecule has 1 aromatic rings. The first-order valence-electron chi connectivity index (χ1n) is 3.22. The van der Waals surface area contributed by atoms with Crippen molar-refractivity contribution in [3.8, 4) is 0 Å². The van der Waals surface area contributed by atoms with Crippen molar-refractivity contribution >= 4 is 11.6 Å². The molecule has 0 amide bonds. The number of ether oxygens (including phenoxy) is 1. The Morgan fingerprint density at radius 1 is 1.73 bits per heavy atom. The minimum absolute atomic E-state index is 0.0722. The molecule has 1 aromatic heterocycles. The summed E-state index contributed by atoms with van der Waals surface area (Å²) < 4.78 is 9.48. The molecule has 0 saturated carbocycles. The van der Waals surface area contributed by atoms with E-state index in [-0.39, 0.29) is 11.3 Å². The average Bonchev–Trinajstić information content (AvgIpc) is 2.36. The summed E-state index contributed by atoms with van der Waals surface area (Å²) in [6.07, 6.45) is 0. The second kappa shape index (κ2) is 3.69. The van der Waals surface area contributed by atoms with Crippen LogP contribution in [0.4, 0.5) is 0 Å². The van der Waals surface area contributed by atoms with Crippen LogP contribution in [0, 0.1) is 0 Å². The zero-order valence-corrected chi connectivity index (χ0v) is 7.13. The first kappa shape index (κ1) is 8.49. The van der Waals surface area contributed by atoms with Gasteiger partial charge in [0, 0.05) is 13.0 Å². The molecule has 1 unspecified atom stereocenters. The zero-order valence-electron chi connectivity index (χ0n) is 6.37. The molecule has 0 aliphatic rings. The van der Waals surface area contributed by atoms with E-state index in [9.17, 15) is 0 Å². The predicted octanol–water partition coefficient (Wildman–Crippen LogP) is 1.47. The van der Waals surface area contributed by atoms with Gasteiger partial charge in [-0.2, -0.15) is 4.98 Å². The van der Waals surface area contributed by atoms with E-state index in [1.54, 1.807) is 7.11 Å². The Hall–Kier alpha value is -0.610. The second-order valence-corrected chi connectivity index (χ2v) is 2.59. The summed E-state index contributed by atoms with van der Waals surface area (Å²) in [7, 11) is 1.62. The minimum Gasteiger partial charge on any atom is -0.384 e. The van der Waals surface area contributed by atoms with Crippen LogP contribution in [0.3, 0.4) is 0 Å². The van der Waals surface area contributed by atoms with Crippen LogP contribution >= 0.6 is 11.6 Å². The van der Waals surface area contributed by atoms with Gasteiger partial charge in [-0.3, -0.25) is 0 Å². The van der Waals surface area contributed by atoms with Crippen molar-refractivity contribution in [1.82, 2.24) is 10.1 Å². The van der Waals surface area contributed by atoms with Crippen LogP contribution in [-0.4, -0.2) is 23.9 Å². The lowest BCUT2D eigenvalue weighted by Crippen LogP contribution is -2.03. The summed E-state index contributed by atoms with van der Waals surface area (Å²) in [6, 6.07) is 0. The maximum Gasteiger partial charge on any atom is 0.320 e. The number of aromatic nitrogens is 2. The van der Waals surface area contributed by atoms with Crippen LogP contribution in [0.25, 0.3) is 0 Å². The van der Waals surface area contributed by atoms with Crippen molar-refractivity contribution in [3.63, 3.8) is 0 Å². The molecule has 1 heterocycles. The van der Waals surface area contributed by atoms with Crippen molar-refractivity contribution in [2.24, 2.45) is 0 Å². The molecule has 5 heteroatoms. The molecule has 0 saturated heterocycles. The largest absolute Gasteiger partial charge is 0.384 e. The Morgan fingerprint density at radius 3 is 2.91 bits per heavy atom. The van der Waals surface area contributed by atoms with Crippen molar-refractivity contribution in [3.05, 3.63) is 11.2 Å². The molecule has 0 fully saturated rings. The maximum atomic E-state index is 5.42. The van der Waals surface area contributed by atoms with Crippen LogP contribution in [0.2, 0.25) is 5.35 Å². The van der Waals surface area contributed by atoms with Crippen molar-refractivity contribution < 1.29 is 9.26 Å². The highest BCUT2D eigenvalue weighted by Gasteiger charge is 2.11. The normalized spacial score (nSPS) is 13.4. The third-order valence-electron chi connectivity index (χ3n) is 1.27. The summed E-state index contributed by atoms with van der Waals surface area (Å²) in [6.45, 7) is 2.50. The van der Waals surface area contributed by atoms with E-state index in [4.69, 9.17) is 16.3 Å². The number of hydrogen-bond acceptors (Lipinski definition) is 4. The summed E-state index contributed by atoms with van der Waals surface area (Å²) in [5, 5.41) is 3.71. The quantitative estimate of drug-likeness (QED) is 0.700. The molecule has 0 bridgehead atoms. The van der Waals surface area contributed by atoms with E-state index < -0.39 is 0 Å². The van der Waals surface area contributed by atoms with Gasteiger partial charge in [-0.05, 0) is 11.6 Å². The van der Waals surface area contributed by atoms with Gasteiger partial charge in [-0.1, -0.05) is 12.1 Å². The first-order chi connectivity index (χ1) is 5.24. The average molecular weight is 177 g/mol. The van der Waals surface area contributed by atoms with Crippen LogP contribution < -0.4 is 0 Å². The molecule has 0 spiro atoms. The van der Waals surface area contributed by atoms with Gasteiger partial charge in [0.15, 0.2) is 5.82 Å². The highest BCUT2D eigenvalue weighted by Crippen LogP contribution is 2.13. The van der Waals surface area contributed by atoms with E-state index in [2.05, 4.69) is 14.7 Å². The molecule has 0 aliphatic carbocycles. The van der Waals surface area contributed by atoms with Gasteiger partial charge in [0.2, 0.25) is 0 Å². The van der Waals surface area contributed by atoms with E-state index in [0.717, 1.165) is 0 Å². The molecule has 0 radical (unpaired) electrons. The maximum absolute atomic E-state index is 5.42. The van der Waals surface area contributed by atoms with Crippen LogP contribution in [0.15, 0.2) is 4.52 Å². The molecule has 4 nitrogen and oxygen atoms in total. The minimum atomic E-state index is 0.0722. The fourth-order valence-electron chi connectivity index (χ4n) is 0.740. The van der Waals surface area contributed by atoms with E-state index in [0.29, 0.717) is 12.4 Å². The third-order valence-corrected chi connectivity index (χ3v) is 1.43. The van der Waals surface area contributed by atoms with E-state index >= 15 is 0 Å². The van der Waals surface area contributed by atoms with Gasteiger partial charge in [0.1, 0.15) is 0 Å². The lowest BCUT2D eigenvalue weighted by Gasteiger charge is -2.02. The Labute approximate surface area is 69.5 Å². The molecule has 11 heavy (non-hydrogen) atoms. The number of hydrogen-bond donors (Lipinski definition) is 0. The Bertz CT molecular complexity index is 226. The molecule has 0 N–H and O–H groups in total. The Kier molecular flexibility index (Phi) is 2.84. The highest BCUT2D eigenvalue weighted by atomic mass is 35.5. The van der Waals surface area contributed by atoms with Gasteiger partial charge >= 0.3 is 5.35 Å². The monoisotopic (exact) mass is 176 g/mol. The fraction of sp³-hybridized carbons (Fsp3) is 0.667. The summed E-state index contributed by atoms with van der Waals surface area (Å²) in [4.78, 5) is 3.84. The second-order valence-electron chi connectivity index (χ2n) is 2.26. The van der Waals surface area contributed by atoms with Gasteiger partial charge in [-0.25, -0.2) is 0 Å². The van der Waals surface area contributed by atoms with Gasteiger partial charge in [-0.15, -0.1) is 0 Å². The van der Waals surface area contributed by atoms with Crippen molar-refractivity contribution in [2.45, 2.75) is 12.8 Å². The zero-order chi connectivity index (χ0) is 8.27. The SMILES string of the molecule is COCC(C)c1noc(Cl)n1. The van der Waals surface area contributed by atoms with Gasteiger partial charge in [0.05, 0.1) is 6.61 Å². The number of halogens is 1. The lowest BCUT2D eigenvalue weighted by molar-refractivity contribution is 0.180. The van der Waals surface area contributed by atoms with Gasteiger partial charge < -0.3 is 9.26 Å². The first-order valence-corrected chi connectivity index (χ1v) is 3.60. The summed E-state index contributed by atoms with van der Waals surface area (Å²) >= 11 is 5.42.